The lowest BCUT2D eigenvalue weighted by Gasteiger charge is -2.38. The second-order valence-electron chi connectivity index (χ2n) is 6.46. The van der Waals surface area contributed by atoms with Crippen molar-refractivity contribution >= 4 is 0 Å². The molecule has 122 valence electrons. The van der Waals surface area contributed by atoms with E-state index in [2.05, 4.69) is 36.1 Å². The minimum Gasteiger partial charge on any atom is -0.298 e. The summed E-state index contributed by atoms with van der Waals surface area (Å²) in [6.45, 7) is 5.06. The highest BCUT2D eigenvalue weighted by molar-refractivity contribution is 5.24. The second-order valence-corrected chi connectivity index (χ2v) is 6.46. The Morgan fingerprint density at radius 2 is 1.83 bits per heavy atom. The van der Waals surface area contributed by atoms with Crippen molar-refractivity contribution in [2.75, 3.05) is 13.1 Å². The van der Waals surface area contributed by atoms with E-state index in [9.17, 15) is 8.78 Å². The molecule has 0 spiro atoms. The highest BCUT2D eigenvalue weighted by Crippen LogP contribution is 2.35. The molecule has 0 bridgehead atoms. The van der Waals surface area contributed by atoms with Crippen molar-refractivity contribution in [2.24, 2.45) is 5.92 Å². The Labute approximate surface area is 136 Å². The van der Waals surface area contributed by atoms with Gasteiger partial charge in [-0.3, -0.25) is 4.90 Å². The Bertz CT molecular complexity index is 641. The first kappa shape index (κ1) is 16.1. The van der Waals surface area contributed by atoms with Gasteiger partial charge in [0.05, 0.1) is 0 Å². The average Bonchev–Trinajstić information content (AvgIpc) is 2.58. The van der Waals surface area contributed by atoms with Crippen molar-refractivity contribution in [3.05, 3.63) is 71.3 Å². The van der Waals surface area contributed by atoms with E-state index in [1.54, 1.807) is 6.07 Å². The summed E-state index contributed by atoms with van der Waals surface area (Å²) in [5, 5.41) is 0. The van der Waals surface area contributed by atoms with E-state index in [-0.39, 0.29) is 5.92 Å². The fourth-order valence-corrected chi connectivity index (χ4v) is 3.66. The number of hydrogen-bond acceptors (Lipinski definition) is 1. The van der Waals surface area contributed by atoms with Gasteiger partial charge in [0, 0.05) is 13.1 Å². The van der Waals surface area contributed by atoms with Crippen LogP contribution in [0.4, 0.5) is 8.78 Å². The summed E-state index contributed by atoms with van der Waals surface area (Å²) < 4.78 is 26.8. The topological polar surface area (TPSA) is 3.24 Å². The standard InChI is InChI=1S/C20H23F2N/c1-2-16-10-11-23(13-15-6-4-3-5-7-15)14-18(16)17-8-9-19(21)20(22)12-17/h3-9,12,16,18H,2,10-11,13-14H2,1H3/t16-,18-/m0/s1. The highest BCUT2D eigenvalue weighted by Gasteiger charge is 2.29. The largest absolute Gasteiger partial charge is 0.298 e. The number of piperidine rings is 1. The Morgan fingerprint density at radius 3 is 2.52 bits per heavy atom. The van der Waals surface area contributed by atoms with Gasteiger partial charge in [0.2, 0.25) is 0 Å². The van der Waals surface area contributed by atoms with Crippen molar-refractivity contribution in [1.82, 2.24) is 4.90 Å². The predicted octanol–water partition coefficient (Wildman–Crippen LogP) is 4.98. The summed E-state index contributed by atoms with van der Waals surface area (Å²) in [6, 6.07) is 14.8. The fraction of sp³-hybridized carbons (Fsp3) is 0.400. The number of nitrogens with zero attached hydrogens (tertiary/aromatic N) is 1. The maximum absolute atomic E-state index is 13.6. The van der Waals surface area contributed by atoms with Gasteiger partial charge < -0.3 is 0 Å². The molecule has 2 aromatic carbocycles. The molecule has 1 saturated heterocycles. The van der Waals surface area contributed by atoms with Crippen LogP contribution in [0.3, 0.4) is 0 Å². The van der Waals surface area contributed by atoms with Crippen LogP contribution in [0.25, 0.3) is 0 Å². The molecule has 0 aromatic heterocycles. The average molecular weight is 315 g/mol. The molecule has 0 aliphatic carbocycles. The smallest absolute Gasteiger partial charge is 0.159 e. The Kier molecular flexibility index (Phi) is 5.06. The molecule has 0 saturated carbocycles. The molecule has 3 heteroatoms. The van der Waals surface area contributed by atoms with E-state index in [1.165, 1.54) is 17.7 Å². The minimum absolute atomic E-state index is 0.271. The van der Waals surface area contributed by atoms with E-state index < -0.39 is 11.6 Å². The third-order valence-corrected chi connectivity index (χ3v) is 4.99. The normalized spacial score (nSPS) is 22.2. The minimum atomic E-state index is -0.765. The predicted molar refractivity (Wildman–Crippen MR) is 89.2 cm³/mol. The van der Waals surface area contributed by atoms with Gasteiger partial charge in [-0.25, -0.2) is 8.78 Å². The molecule has 0 amide bonds. The van der Waals surface area contributed by atoms with Crippen LogP contribution >= 0.6 is 0 Å². The number of likely N-dealkylation sites (tertiary alicyclic amines) is 1. The number of benzene rings is 2. The van der Waals surface area contributed by atoms with Gasteiger partial charge in [-0.1, -0.05) is 49.7 Å². The van der Waals surface area contributed by atoms with Crippen LogP contribution in [0.1, 0.15) is 36.8 Å². The summed E-state index contributed by atoms with van der Waals surface area (Å²) >= 11 is 0. The van der Waals surface area contributed by atoms with Gasteiger partial charge in [0.15, 0.2) is 11.6 Å². The molecule has 1 aliphatic rings. The molecule has 2 atom stereocenters. The van der Waals surface area contributed by atoms with Crippen LogP contribution < -0.4 is 0 Å². The van der Waals surface area contributed by atoms with Gasteiger partial charge >= 0.3 is 0 Å². The molecule has 2 aromatic rings. The Balaban J connectivity index is 1.77. The van der Waals surface area contributed by atoms with Crippen molar-refractivity contribution in [3.8, 4) is 0 Å². The van der Waals surface area contributed by atoms with Crippen molar-refractivity contribution < 1.29 is 8.78 Å². The van der Waals surface area contributed by atoms with Crippen LogP contribution in [-0.4, -0.2) is 18.0 Å². The zero-order valence-electron chi connectivity index (χ0n) is 13.5. The van der Waals surface area contributed by atoms with Gasteiger partial charge in [0.25, 0.3) is 0 Å². The summed E-state index contributed by atoms with van der Waals surface area (Å²) in [6.07, 6.45) is 2.18. The maximum atomic E-state index is 13.6. The molecule has 1 fully saturated rings. The lowest BCUT2D eigenvalue weighted by molar-refractivity contribution is 0.149. The molecular weight excluding hydrogens is 292 g/mol. The summed E-state index contributed by atoms with van der Waals surface area (Å²) in [5.74, 6) is -0.698. The molecule has 0 radical (unpaired) electrons. The molecule has 1 aliphatic heterocycles. The van der Waals surface area contributed by atoms with Gasteiger partial charge in [0.1, 0.15) is 0 Å². The van der Waals surface area contributed by atoms with E-state index in [0.29, 0.717) is 5.92 Å². The van der Waals surface area contributed by atoms with E-state index in [0.717, 1.165) is 38.0 Å². The molecule has 3 rings (SSSR count). The van der Waals surface area contributed by atoms with E-state index in [4.69, 9.17) is 0 Å². The third kappa shape index (κ3) is 3.78. The molecular formula is C20H23F2N. The highest BCUT2D eigenvalue weighted by atomic mass is 19.2. The number of halogens is 2. The van der Waals surface area contributed by atoms with Crippen LogP contribution in [0.15, 0.2) is 48.5 Å². The van der Waals surface area contributed by atoms with Gasteiger partial charge in [-0.2, -0.15) is 0 Å². The van der Waals surface area contributed by atoms with E-state index in [1.807, 2.05) is 6.07 Å². The summed E-state index contributed by atoms with van der Waals surface area (Å²) in [7, 11) is 0. The number of hydrogen-bond donors (Lipinski definition) is 0. The first-order valence-corrected chi connectivity index (χ1v) is 8.38. The van der Waals surface area contributed by atoms with Crippen LogP contribution in [0.2, 0.25) is 0 Å². The van der Waals surface area contributed by atoms with Crippen molar-refractivity contribution in [1.29, 1.82) is 0 Å². The van der Waals surface area contributed by atoms with Crippen LogP contribution in [-0.2, 0) is 6.54 Å². The number of rotatable bonds is 4. The Morgan fingerprint density at radius 1 is 1.04 bits per heavy atom. The second kappa shape index (κ2) is 7.22. The first-order chi connectivity index (χ1) is 11.2. The molecule has 1 nitrogen and oxygen atoms in total. The monoisotopic (exact) mass is 315 g/mol. The molecule has 1 heterocycles. The van der Waals surface area contributed by atoms with Gasteiger partial charge in [-0.15, -0.1) is 0 Å². The summed E-state index contributed by atoms with van der Waals surface area (Å²) in [5.41, 5.74) is 2.22. The SMILES string of the molecule is CC[C@H]1CCN(Cc2ccccc2)C[C@@H]1c1ccc(F)c(F)c1. The third-order valence-electron chi connectivity index (χ3n) is 4.99. The Hall–Kier alpha value is -1.74. The summed E-state index contributed by atoms with van der Waals surface area (Å²) in [4.78, 5) is 2.42. The lowest BCUT2D eigenvalue weighted by Crippen LogP contribution is -2.38. The molecule has 0 unspecified atom stereocenters. The lowest BCUT2D eigenvalue weighted by atomic mass is 9.79. The van der Waals surface area contributed by atoms with Gasteiger partial charge in [-0.05, 0) is 48.1 Å². The quantitative estimate of drug-likeness (QED) is 0.769. The first-order valence-electron chi connectivity index (χ1n) is 8.38. The fourth-order valence-electron chi connectivity index (χ4n) is 3.66. The maximum Gasteiger partial charge on any atom is 0.159 e. The molecule has 23 heavy (non-hydrogen) atoms. The van der Waals surface area contributed by atoms with E-state index >= 15 is 0 Å². The van der Waals surface area contributed by atoms with Crippen LogP contribution in [0.5, 0.6) is 0 Å². The molecule has 0 N–H and O–H groups in total. The van der Waals surface area contributed by atoms with Crippen molar-refractivity contribution in [2.45, 2.75) is 32.2 Å². The zero-order chi connectivity index (χ0) is 16.2. The van der Waals surface area contributed by atoms with Crippen molar-refractivity contribution in [3.63, 3.8) is 0 Å². The van der Waals surface area contributed by atoms with Crippen LogP contribution in [0, 0.1) is 17.6 Å². The zero-order valence-corrected chi connectivity index (χ0v) is 13.5.